The Morgan fingerprint density at radius 1 is 1.07 bits per heavy atom. The molecule has 0 aromatic heterocycles. The lowest BCUT2D eigenvalue weighted by molar-refractivity contribution is -0.140. The molecule has 0 spiro atoms. The van der Waals surface area contributed by atoms with Crippen LogP contribution >= 0.6 is 35.0 Å². The first-order valence-corrected chi connectivity index (χ1v) is 11.4. The second-order valence-corrected chi connectivity index (χ2v) is 8.52. The van der Waals surface area contributed by atoms with Gasteiger partial charge in [-0.05, 0) is 29.7 Å². The van der Waals surface area contributed by atoms with Crippen molar-refractivity contribution >= 4 is 46.8 Å². The standard InChI is InChI=1S/C22H26Cl2N2O2S/c1-3-20(22(28)25-2)26(14-17-9-10-18(23)19(24)13-17)21(27)11-12-29-15-16-7-5-4-6-8-16/h4-10,13,20H,3,11-12,14-15H2,1-2H3,(H,25,28)/t20-/m0/s1. The minimum Gasteiger partial charge on any atom is -0.357 e. The summed E-state index contributed by atoms with van der Waals surface area (Å²) >= 11 is 13.8. The number of amides is 2. The normalized spacial score (nSPS) is 11.7. The lowest BCUT2D eigenvalue weighted by Gasteiger charge is -2.30. The molecule has 7 heteroatoms. The number of carbonyl (C=O) groups is 2. The van der Waals surface area contributed by atoms with E-state index in [1.807, 2.05) is 31.2 Å². The number of halogens is 2. The van der Waals surface area contributed by atoms with Gasteiger partial charge >= 0.3 is 0 Å². The van der Waals surface area contributed by atoms with E-state index in [2.05, 4.69) is 17.4 Å². The number of hydrogen-bond acceptors (Lipinski definition) is 3. The van der Waals surface area contributed by atoms with Crippen LogP contribution in [-0.2, 0) is 21.9 Å². The van der Waals surface area contributed by atoms with Crippen molar-refractivity contribution in [2.24, 2.45) is 0 Å². The van der Waals surface area contributed by atoms with Gasteiger partial charge in [-0.2, -0.15) is 11.8 Å². The average molecular weight is 453 g/mol. The molecule has 0 saturated heterocycles. The van der Waals surface area contributed by atoms with Gasteiger partial charge in [-0.25, -0.2) is 0 Å². The fourth-order valence-electron chi connectivity index (χ4n) is 2.99. The van der Waals surface area contributed by atoms with Crippen LogP contribution in [0.4, 0.5) is 0 Å². The van der Waals surface area contributed by atoms with Crippen LogP contribution in [0.2, 0.25) is 10.0 Å². The Kier molecular flexibility index (Phi) is 9.85. The van der Waals surface area contributed by atoms with Gasteiger partial charge in [0.25, 0.3) is 0 Å². The number of nitrogens with zero attached hydrogens (tertiary/aromatic N) is 1. The summed E-state index contributed by atoms with van der Waals surface area (Å²) in [6.45, 7) is 2.21. The maximum absolute atomic E-state index is 13.0. The smallest absolute Gasteiger partial charge is 0.242 e. The molecule has 2 rings (SSSR count). The van der Waals surface area contributed by atoms with E-state index in [1.165, 1.54) is 5.56 Å². The molecule has 2 aromatic carbocycles. The Labute approximate surface area is 187 Å². The molecule has 156 valence electrons. The molecule has 0 unspecified atom stereocenters. The highest BCUT2D eigenvalue weighted by molar-refractivity contribution is 7.98. The van der Waals surface area contributed by atoms with Crippen LogP contribution in [0.5, 0.6) is 0 Å². The van der Waals surface area contributed by atoms with Crippen molar-refractivity contribution in [2.45, 2.75) is 38.1 Å². The van der Waals surface area contributed by atoms with Crippen LogP contribution < -0.4 is 5.32 Å². The maximum Gasteiger partial charge on any atom is 0.242 e. The lowest BCUT2D eigenvalue weighted by atomic mass is 10.1. The van der Waals surface area contributed by atoms with Crippen molar-refractivity contribution in [3.8, 4) is 0 Å². The van der Waals surface area contributed by atoms with E-state index in [-0.39, 0.29) is 11.8 Å². The second kappa shape index (κ2) is 12.1. The summed E-state index contributed by atoms with van der Waals surface area (Å²) in [6, 6.07) is 14.9. The van der Waals surface area contributed by atoms with Gasteiger partial charge in [0.15, 0.2) is 0 Å². The number of rotatable bonds is 10. The number of carbonyl (C=O) groups excluding carboxylic acids is 2. The van der Waals surface area contributed by atoms with Crippen molar-refractivity contribution in [1.82, 2.24) is 10.2 Å². The zero-order chi connectivity index (χ0) is 21.2. The predicted octanol–water partition coefficient (Wildman–Crippen LogP) is 5.17. The van der Waals surface area contributed by atoms with Gasteiger partial charge in [0.05, 0.1) is 10.0 Å². The molecule has 0 aliphatic heterocycles. The second-order valence-electron chi connectivity index (χ2n) is 6.60. The third kappa shape index (κ3) is 7.25. The first-order valence-electron chi connectivity index (χ1n) is 9.53. The van der Waals surface area contributed by atoms with E-state index in [0.717, 1.165) is 11.3 Å². The molecule has 4 nitrogen and oxygen atoms in total. The molecule has 0 saturated carbocycles. The molecule has 0 radical (unpaired) electrons. The summed E-state index contributed by atoms with van der Waals surface area (Å²) in [5.74, 6) is 1.33. The Hall–Kier alpha value is -1.69. The molecule has 2 amide bonds. The third-order valence-electron chi connectivity index (χ3n) is 4.54. The Bertz CT molecular complexity index is 818. The number of likely N-dealkylation sites (N-methyl/N-ethyl adjacent to an activating group) is 1. The van der Waals surface area contributed by atoms with Crippen molar-refractivity contribution in [1.29, 1.82) is 0 Å². The van der Waals surface area contributed by atoms with Crippen molar-refractivity contribution in [3.63, 3.8) is 0 Å². The summed E-state index contributed by atoms with van der Waals surface area (Å²) in [6.07, 6.45) is 0.899. The number of benzene rings is 2. The van der Waals surface area contributed by atoms with E-state index < -0.39 is 6.04 Å². The highest BCUT2D eigenvalue weighted by atomic mass is 35.5. The predicted molar refractivity (Wildman–Crippen MR) is 122 cm³/mol. The highest BCUT2D eigenvalue weighted by Gasteiger charge is 2.27. The first kappa shape index (κ1) is 23.6. The van der Waals surface area contributed by atoms with Crippen LogP contribution in [0.3, 0.4) is 0 Å². The minimum absolute atomic E-state index is 0.0490. The quantitative estimate of drug-likeness (QED) is 0.505. The molecule has 1 N–H and O–H groups in total. The molecule has 1 atom stereocenters. The van der Waals surface area contributed by atoms with Crippen LogP contribution in [-0.4, -0.2) is 35.6 Å². The van der Waals surface area contributed by atoms with E-state index >= 15 is 0 Å². The largest absolute Gasteiger partial charge is 0.357 e. The fourth-order valence-corrected chi connectivity index (χ4v) is 4.20. The van der Waals surface area contributed by atoms with Crippen LogP contribution in [0, 0.1) is 0 Å². The minimum atomic E-state index is -0.527. The molecule has 0 bridgehead atoms. The van der Waals surface area contributed by atoms with E-state index in [4.69, 9.17) is 23.2 Å². The average Bonchev–Trinajstić information content (AvgIpc) is 2.74. The van der Waals surface area contributed by atoms with Gasteiger partial charge in [-0.3, -0.25) is 9.59 Å². The molecule has 2 aromatic rings. The number of thioether (sulfide) groups is 1. The summed E-state index contributed by atoms with van der Waals surface area (Å²) in [4.78, 5) is 27.0. The fraction of sp³-hybridized carbons (Fsp3) is 0.364. The molecule has 29 heavy (non-hydrogen) atoms. The van der Waals surface area contributed by atoms with Gasteiger partial charge in [0.1, 0.15) is 6.04 Å². The monoisotopic (exact) mass is 452 g/mol. The van der Waals surface area contributed by atoms with Crippen LogP contribution in [0.15, 0.2) is 48.5 Å². The molecule has 0 fully saturated rings. The number of hydrogen-bond donors (Lipinski definition) is 1. The SMILES string of the molecule is CC[C@@H](C(=O)NC)N(Cc1ccc(Cl)c(Cl)c1)C(=O)CCSCc1ccccc1. The molecule has 0 aliphatic rings. The van der Waals surface area contributed by atoms with E-state index in [1.54, 1.807) is 35.8 Å². The topological polar surface area (TPSA) is 49.4 Å². The van der Waals surface area contributed by atoms with Gasteiger partial charge in [0, 0.05) is 31.5 Å². The van der Waals surface area contributed by atoms with Crippen molar-refractivity contribution in [3.05, 3.63) is 69.7 Å². The maximum atomic E-state index is 13.0. The van der Waals surface area contributed by atoms with E-state index in [9.17, 15) is 9.59 Å². The Balaban J connectivity index is 2.05. The van der Waals surface area contributed by atoms with Crippen LogP contribution in [0.25, 0.3) is 0 Å². The summed E-state index contributed by atoms with van der Waals surface area (Å²) in [7, 11) is 1.59. The molecular weight excluding hydrogens is 427 g/mol. The molecule has 0 heterocycles. The van der Waals surface area contributed by atoms with Crippen molar-refractivity contribution in [2.75, 3.05) is 12.8 Å². The zero-order valence-corrected chi connectivity index (χ0v) is 19.0. The van der Waals surface area contributed by atoms with Gasteiger partial charge in [-0.15, -0.1) is 0 Å². The third-order valence-corrected chi connectivity index (χ3v) is 6.31. The molecule has 0 aliphatic carbocycles. The summed E-state index contributed by atoms with van der Waals surface area (Å²) in [5, 5.41) is 3.56. The van der Waals surface area contributed by atoms with Crippen molar-refractivity contribution < 1.29 is 9.59 Å². The van der Waals surface area contributed by atoms with Gasteiger partial charge in [-0.1, -0.05) is 66.5 Å². The van der Waals surface area contributed by atoms with Gasteiger partial charge in [0.2, 0.25) is 11.8 Å². The Morgan fingerprint density at radius 2 is 1.79 bits per heavy atom. The zero-order valence-electron chi connectivity index (χ0n) is 16.7. The highest BCUT2D eigenvalue weighted by Crippen LogP contribution is 2.24. The lowest BCUT2D eigenvalue weighted by Crippen LogP contribution is -2.48. The van der Waals surface area contributed by atoms with E-state index in [0.29, 0.717) is 35.2 Å². The Morgan fingerprint density at radius 3 is 2.41 bits per heavy atom. The first-order chi connectivity index (χ1) is 14.0. The van der Waals surface area contributed by atoms with Gasteiger partial charge < -0.3 is 10.2 Å². The summed E-state index contributed by atoms with van der Waals surface area (Å²) in [5.41, 5.74) is 2.07. The summed E-state index contributed by atoms with van der Waals surface area (Å²) < 4.78 is 0. The van der Waals surface area contributed by atoms with Crippen LogP contribution in [0.1, 0.15) is 30.9 Å². The molecular formula is C22H26Cl2N2O2S. The number of nitrogens with one attached hydrogen (secondary N) is 1.